The Bertz CT molecular complexity index is 1090. The Labute approximate surface area is 155 Å². The van der Waals surface area contributed by atoms with Crippen molar-refractivity contribution < 1.29 is 23.9 Å². The van der Waals surface area contributed by atoms with E-state index in [1.165, 1.54) is 42.1 Å². The number of esters is 1. The van der Waals surface area contributed by atoms with E-state index in [1.54, 1.807) is 11.6 Å². The van der Waals surface area contributed by atoms with Gasteiger partial charge in [0.05, 0.1) is 30.9 Å². The van der Waals surface area contributed by atoms with Crippen LogP contribution < -0.4 is 15.0 Å². The fourth-order valence-corrected chi connectivity index (χ4v) is 3.10. The average Bonchev–Trinajstić information content (AvgIpc) is 3.14. The zero-order valence-electron chi connectivity index (χ0n) is 14.2. The van der Waals surface area contributed by atoms with E-state index in [0.29, 0.717) is 4.96 Å². The van der Waals surface area contributed by atoms with Crippen LogP contribution in [0.15, 0.2) is 34.6 Å². The molecule has 0 unspecified atom stereocenters. The summed E-state index contributed by atoms with van der Waals surface area (Å²) in [5, 5.41) is 13.0. The quantitative estimate of drug-likeness (QED) is 0.355. The maximum atomic E-state index is 12.4. The second-order valence-corrected chi connectivity index (χ2v) is 6.07. The van der Waals surface area contributed by atoms with Crippen molar-refractivity contribution >= 4 is 28.0 Å². The summed E-state index contributed by atoms with van der Waals surface area (Å²) in [6.45, 7) is -0.312. The second kappa shape index (κ2) is 7.41. The van der Waals surface area contributed by atoms with Gasteiger partial charge in [-0.25, -0.2) is 9.78 Å². The number of methoxy groups -OCH3 is 2. The summed E-state index contributed by atoms with van der Waals surface area (Å²) >= 11 is 1.25. The molecule has 2 aromatic heterocycles. The first kappa shape index (κ1) is 18.3. The molecule has 3 rings (SSSR count). The topological polar surface area (TPSA) is 122 Å². The zero-order chi connectivity index (χ0) is 19.6. The van der Waals surface area contributed by atoms with Crippen molar-refractivity contribution in [2.45, 2.75) is 6.61 Å². The number of ether oxygens (including phenoxy) is 3. The highest BCUT2D eigenvalue weighted by molar-refractivity contribution is 7.15. The van der Waals surface area contributed by atoms with Gasteiger partial charge >= 0.3 is 5.97 Å². The lowest BCUT2D eigenvalue weighted by Gasteiger charge is -2.10. The Hall–Kier alpha value is -3.47. The summed E-state index contributed by atoms with van der Waals surface area (Å²) in [4.78, 5) is 39.5. The summed E-state index contributed by atoms with van der Waals surface area (Å²) in [6, 6.07) is 3.48. The predicted octanol–water partition coefficient (Wildman–Crippen LogP) is 2.04. The maximum absolute atomic E-state index is 12.4. The molecule has 0 bridgehead atoms. The number of carbonyl (C=O) groups excluding carboxylic acids is 1. The number of aromatic nitrogens is 2. The minimum Gasteiger partial charge on any atom is -0.493 e. The first-order valence-corrected chi connectivity index (χ1v) is 8.36. The molecule has 10 nitrogen and oxygen atoms in total. The van der Waals surface area contributed by atoms with Gasteiger partial charge in [0.1, 0.15) is 12.2 Å². The van der Waals surface area contributed by atoms with Gasteiger partial charge in [0.15, 0.2) is 16.5 Å². The molecule has 140 valence electrons. The van der Waals surface area contributed by atoms with Crippen LogP contribution in [0.1, 0.15) is 16.1 Å². The van der Waals surface area contributed by atoms with Gasteiger partial charge in [0.25, 0.3) is 11.2 Å². The molecular weight excluding hydrogens is 378 g/mol. The number of benzene rings is 1. The van der Waals surface area contributed by atoms with Gasteiger partial charge in [0.2, 0.25) is 0 Å². The highest BCUT2D eigenvalue weighted by atomic mass is 32.1. The summed E-state index contributed by atoms with van der Waals surface area (Å²) in [7, 11) is 2.66. The molecule has 0 amide bonds. The Morgan fingerprint density at radius 2 is 1.96 bits per heavy atom. The zero-order valence-corrected chi connectivity index (χ0v) is 15.0. The highest BCUT2D eigenvalue weighted by Gasteiger charge is 2.26. The van der Waals surface area contributed by atoms with Crippen LogP contribution in [0.4, 0.5) is 5.69 Å². The van der Waals surface area contributed by atoms with Gasteiger partial charge in [0, 0.05) is 23.7 Å². The van der Waals surface area contributed by atoms with Gasteiger partial charge < -0.3 is 14.2 Å². The third-order valence-corrected chi connectivity index (χ3v) is 4.38. The highest BCUT2D eigenvalue weighted by Crippen LogP contribution is 2.34. The third-order valence-electron chi connectivity index (χ3n) is 3.63. The van der Waals surface area contributed by atoms with Crippen LogP contribution in [0.5, 0.6) is 11.5 Å². The Kier molecular flexibility index (Phi) is 5.03. The Morgan fingerprint density at radius 3 is 2.63 bits per heavy atom. The molecule has 0 aliphatic heterocycles. The van der Waals surface area contributed by atoms with Crippen molar-refractivity contribution in [2.75, 3.05) is 14.2 Å². The lowest BCUT2D eigenvalue weighted by atomic mass is 10.1. The van der Waals surface area contributed by atoms with Crippen LogP contribution in [0.3, 0.4) is 0 Å². The minimum absolute atomic E-state index is 0.110. The predicted molar refractivity (Wildman–Crippen MR) is 94.7 cm³/mol. The number of hydrogen-bond acceptors (Lipinski definition) is 9. The molecule has 2 heterocycles. The van der Waals surface area contributed by atoms with Crippen molar-refractivity contribution in [2.24, 2.45) is 0 Å². The molecule has 0 atom stereocenters. The minimum atomic E-state index is -0.948. The molecule has 0 fully saturated rings. The lowest BCUT2D eigenvalue weighted by molar-refractivity contribution is -0.385. The molecule has 0 saturated heterocycles. The van der Waals surface area contributed by atoms with Crippen molar-refractivity contribution in [3.8, 4) is 11.5 Å². The fourth-order valence-electron chi connectivity index (χ4n) is 2.36. The summed E-state index contributed by atoms with van der Waals surface area (Å²) in [5.41, 5.74) is -0.866. The van der Waals surface area contributed by atoms with Crippen LogP contribution in [0, 0.1) is 10.1 Å². The number of nitrogens with zero attached hydrogens (tertiary/aromatic N) is 3. The second-order valence-electron chi connectivity index (χ2n) is 5.20. The van der Waals surface area contributed by atoms with E-state index in [2.05, 4.69) is 4.98 Å². The van der Waals surface area contributed by atoms with Crippen molar-refractivity contribution in [3.05, 3.63) is 61.5 Å². The van der Waals surface area contributed by atoms with E-state index >= 15 is 0 Å². The molecule has 0 saturated carbocycles. The normalized spacial score (nSPS) is 10.6. The molecule has 1 aromatic carbocycles. The molecular formula is C16H13N3O7S. The number of hydrogen-bond donors (Lipinski definition) is 0. The monoisotopic (exact) mass is 391 g/mol. The number of nitro groups is 1. The summed E-state index contributed by atoms with van der Waals surface area (Å²) < 4.78 is 16.5. The fraction of sp³-hybridized carbons (Fsp3) is 0.188. The van der Waals surface area contributed by atoms with E-state index in [4.69, 9.17) is 14.2 Å². The van der Waals surface area contributed by atoms with Gasteiger partial charge in [-0.3, -0.25) is 19.3 Å². The number of rotatable bonds is 6. The lowest BCUT2D eigenvalue weighted by Crippen LogP contribution is -2.15. The maximum Gasteiger partial charge on any atom is 0.345 e. The van der Waals surface area contributed by atoms with Gasteiger partial charge in [-0.2, -0.15) is 0 Å². The standard InChI is InChI=1S/C16H13N3O7S/c1-24-12-6-10(11(19(22)23)7-13(12)25-2)15(21)26-8-9-5-14(20)18-3-4-27-16(18)17-9/h3-7H,8H2,1-2H3. The molecule has 0 radical (unpaired) electrons. The number of fused-ring (bicyclic) bond motifs is 1. The van der Waals surface area contributed by atoms with Crippen molar-refractivity contribution in [3.63, 3.8) is 0 Å². The van der Waals surface area contributed by atoms with Gasteiger partial charge in [-0.1, -0.05) is 0 Å². The number of nitro benzene ring substituents is 1. The van der Waals surface area contributed by atoms with Crippen molar-refractivity contribution in [1.29, 1.82) is 0 Å². The van der Waals surface area contributed by atoms with Crippen molar-refractivity contribution in [1.82, 2.24) is 9.38 Å². The van der Waals surface area contributed by atoms with Gasteiger partial charge in [-0.15, -0.1) is 11.3 Å². The van der Waals surface area contributed by atoms with E-state index in [0.717, 1.165) is 6.07 Å². The van der Waals surface area contributed by atoms with Crippen LogP contribution in [-0.4, -0.2) is 34.5 Å². The molecule has 0 N–H and O–H groups in total. The van der Waals surface area contributed by atoms with Crippen LogP contribution in [0.25, 0.3) is 4.96 Å². The number of carbonyl (C=O) groups is 1. The smallest absolute Gasteiger partial charge is 0.345 e. The largest absolute Gasteiger partial charge is 0.493 e. The molecule has 0 aliphatic carbocycles. The van der Waals surface area contributed by atoms with E-state index in [9.17, 15) is 19.7 Å². The first-order chi connectivity index (χ1) is 12.9. The van der Waals surface area contributed by atoms with E-state index < -0.39 is 16.6 Å². The molecule has 27 heavy (non-hydrogen) atoms. The van der Waals surface area contributed by atoms with Gasteiger partial charge in [-0.05, 0) is 0 Å². The number of thiazole rings is 1. The summed E-state index contributed by atoms with van der Waals surface area (Å²) in [6.07, 6.45) is 1.58. The van der Waals surface area contributed by atoms with E-state index in [1.807, 2.05) is 0 Å². The van der Waals surface area contributed by atoms with Crippen LogP contribution in [0.2, 0.25) is 0 Å². The SMILES string of the molecule is COc1cc(C(=O)OCc2cc(=O)n3ccsc3n2)c([N+](=O)[O-])cc1OC. The summed E-state index contributed by atoms with van der Waals surface area (Å²) in [5.74, 6) is -0.694. The first-order valence-electron chi connectivity index (χ1n) is 7.48. The molecule has 11 heteroatoms. The van der Waals surface area contributed by atoms with Crippen LogP contribution in [-0.2, 0) is 11.3 Å². The van der Waals surface area contributed by atoms with E-state index in [-0.39, 0.29) is 34.9 Å². The molecule has 0 aliphatic rings. The Balaban J connectivity index is 1.88. The molecule has 3 aromatic rings. The Morgan fingerprint density at radius 1 is 1.26 bits per heavy atom. The van der Waals surface area contributed by atoms with Crippen LogP contribution >= 0.6 is 11.3 Å². The average molecular weight is 391 g/mol. The molecule has 0 spiro atoms. The third kappa shape index (κ3) is 3.58.